The molecule has 0 radical (unpaired) electrons. The van der Waals surface area contributed by atoms with Crippen LogP contribution in [0.25, 0.3) is 0 Å². The van der Waals surface area contributed by atoms with Gasteiger partial charge in [-0.3, -0.25) is 0 Å². The maximum atomic E-state index is 5.87. The number of ether oxygens (including phenoxy) is 2. The smallest absolute Gasteiger partial charge is 0.171 e. The molecule has 2 aromatic carbocycles. The van der Waals surface area contributed by atoms with E-state index in [2.05, 4.69) is 0 Å². The van der Waals surface area contributed by atoms with Crippen molar-refractivity contribution in [2.45, 2.75) is 0 Å². The van der Waals surface area contributed by atoms with Crippen LogP contribution in [-0.4, -0.2) is 0 Å². The Kier molecular flexibility index (Phi) is 2.20. The molecule has 2 nitrogen and oxygen atoms in total. The summed E-state index contributed by atoms with van der Waals surface area (Å²) in [6, 6.07) is 10.5. The van der Waals surface area contributed by atoms with Gasteiger partial charge in [0.15, 0.2) is 23.0 Å². The van der Waals surface area contributed by atoms with Crippen molar-refractivity contribution in [3.63, 3.8) is 0 Å². The zero-order valence-electron chi connectivity index (χ0n) is 8.04. The van der Waals surface area contributed by atoms with Gasteiger partial charge in [-0.05, 0) is 24.3 Å². The zero-order chi connectivity index (χ0) is 11.1. The lowest BCUT2D eigenvalue weighted by Crippen LogP contribution is -1.98. The van der Waals surface area contributed by atoms with E-state index in [4.69, 9.17) is 32.7 Å². The van der Waals surface area contributed by atoms with Crippen molar-refractivity contribution >= 4 is 23.2 Å². The maximum Gasteiger partial charge on any atom is 0.171 e. The molecule has 4 heteroatoms. The lowest BCUT2D eigenvalue weighted by Gasteiger charge is -2.20. The fraction of sp³-hybridized carbons (Fsp3) is 0. The van der Waals surface area contributed by atoms with E-state index in [0.717, 1.165) is 0 Å². The average Bonchev–Trinajstić information content (AvgIpc) is 2.26. The summed E-state index contributed by atoms with van der Waals surface area (Å²) in [6.45, 7) is 0. The molecule has 0 atom stereocenters. The molecule has 0 aliphatic carbocycles. The first-order valence-electron chi connectivity index (χ1n) is 4.67. The summed E-state index contributed by atoms with van der Waals surface area (Å²) in [5.74, 6) is 2.50. The summed E-state index contributed by atoms with van der Waals surface area (Å²) >= 11 is 11.7. The fourth-order valence-electron chi connectivity index (χ4n) is 1.53. The molecule has 0 spiro atoms. The van der Waals surface area contributed by atoms with E-state index in [0.29, 0.717) is 33.0 Å². The van der Waals surface area contributed by atoms with E-state index in [1.165, 1.54) is 0 Å². The van der Waals surface area contributed by atoms with Crippen LogP contribution in [0.2, 0.25) is 10.0 Å². The van der Waals surface area contributed by atoms with Gasteiger partial charge in [-0.15, -0.1) is 0 Å². The highest BCUT2D eigenvalue weighted by molar-refractivity contribution is 6.31. The predicted molar refractivity (Wildman–Crippen MR) is 63.1 cm³/mol. The summed E-state index contributed by atoms with van der Waals surface area (Å²) in [5, 5.41) is 1.22. The molecule has 0 saturated heterocycles. The second-order valence-electron chi connectivity index (χ2n) is 3.39. The van der Waals surface area contributed by atoms with Gasteiger partial charge in [-0.2, -0.15) is 0 Å². The summed E-state index contributed by atoms with van der Waals surface area (Å²) in [5.41, 5.74) is 0. The number of benzene rings is 2. The Balaban J connectivity index is 2.09. The third kappa shape index (κ3) is 1.60. The highest BCUT2D eigenvalue weighted by Crippen LogP contribution is 2.46. The molecule has 1 aliphatic rings. The Morgan fingerprint density at radius 3 is 1.50 bits per heavy atom. The van der Waals surface area contributed by atoms with E-state index < -0.39 is 0 Å². The van der Waals surface area contributed by atoms with Crippen molar-refractivity contribution in [1.29, 1.82) is 0 Å². The first-order chi connectivity index (χ1) is 7.72. The summed E-state index contributed by atoms with van der Waals surface area (Å²) < 4.78 is 11.3. The van der Waals surface area contributed by atoms with Crippen LogP contribution in [-0.2, 0) is 0 Å². The van der Waals surface area contributed by atoms with Crippen molar-refractivity contribution < 1.29 is 9.47 Å². The number of hydrogen-bond donors (Lipinski definition) is 0. The predicted octanol–water partition coefficient (Wildman–Crippen LogP) is 4.89. The minimum atomic E-state index is 0.611. The quantitative estimate of drug-likeness (QED) is 0.576. The van der Waals surface area contributed by atoms with Crippen molar-refractivity contribution in [2.24, 2.45) is 0 Å². The van der Waals surface area contributed by atoms with Gasteiger partial charge in [0.25, 0.3) is 0 Å². The summed E-state index contributed by atoms with van der Waals surface area (Å²) in [4.78, 5) is 0. The lowest BCUT2D eigenvalue weighted by molar-refractivity contribution is 0.359. The lowest BCUT2D eigenvalue weighted by atomic mass is 11.2. The fourth-order valence-corrected chi connectivity index (χ4v) is 1.85. The third-order valence-electron chi connectivity index (χ3n) is 2.25. The Labute approximate surface area is 102 Å². The molecule has 0 saturated carbocycles. The van der Waals surface area contributed by atoms with Crippen LogP contribution in [0.1, 0.15) is 0 Å². The second kappa shape index (κ2) is 3.58. The average molecular weight is 265 g/mol. The summed E-state index contributed by atoms with van der Waals surface area (Å²) in [7, 11) is 0. The van der Waals surface area contributed by atoms with Crippen LogP contribution < -0.4 is 9.47 Å². The Morgan fingerprint density at radius 2 is 1.06 bits per heavy atom. The molecule has 1 aliphatic heterocycles. The van der Waals surface area contributed by atoms with E-state index in [-0.39, 0.29) is 0 Å². The molecule has 3 rings (SSSR count). The molecule has 0 fully saturated rings. The molecule has 0 N–H and O–H groups in total. The molecule has 0 unspecified atom stereocenters. The van der Waals surface area contributed by atoms with Gasteiger partial charge >= 0.3 is 0 Å². The first-order valence-corrected chi connectivity index (χ1v) is 5.43. The summed E-state index contributed by atoms with van der Waals surface area (Å²) in [6.07, 6.45) is 0. The van der Waals surface area contributed by atoms with Crippen LogP contribution in [0.15, 0.2) is 36.4 Å². The molecule has 0 bridgehead atoms. The largest absolute Gasteiger partial charge is 0.449 e. The molecule has 1 heterocycles. The van der Waals surface area contributed by atoms with Gasteiger partial charge in [0.2, 0.25) is 0 Å². The zero-order valence-corrected chi connectivity index (χ0v) is 9.55. The van der Waals surface area contributed by atoms with E-state index in [9.17, 15) is 0 Å². The Morgan fingerprint density at radius 1 is 0.625 bits per heavy atom. The number of rotatable bonds is 0. The molecule has 0 aromatic heterocycles. The van der Waals surface area contributed by atoms with Crippen molar-refractivity contribution in [3.05, 3.63) is 46.4 Å². The topological polar surface area (TPSA) is 18.5 Å². The number of halogens is 2. The molecule has 2 aromatic rings. The van der Waals surface area contributed by atoms with E-state index in [1.54, 1.807) is 36.4 Å². The van der Waals surface area contributed by atoms with Gasteiger partial charge < -0.3 is 9.47 Å². The van der Waals surface area contributed by atoms with E-state index in [1.807, 2.05) is 0 Å². The number of fused-ring (bicyclic) bond motifs is 2. The Bertz CT molecular complexity index is 515. The van der Waals surface area contributed by atoms with Gasteiger partial charge in [-0.1, -0.05) is 23.2 Å². The van der Waals surface area contributed by atoms with Crippen molar-refractivity contribution in [1.82, 2.24) is 0 Å². The van der Waals surface area contributed by atoms with Gasteiger partial charge in [-0.25, -0.2) is 0 Å². The first kappa shape index (κ1) is 9.82. The van der Waals surface area contributed by atoms with Gasteiger partial charge in [0.1, 0.15) is 0 Å². The minimum Gasteiger partial charge on any atom is -0.449 e. The SMILES string of the molecule is Cl[13c]1[13cH][13cH][13c]2[13c]([13cH]1)O[13c]1[13cH][13cH][13c](Cl)[13cH][13c]1O2. The molecular weight excluding hydrogens is 259 g/mol. The highest BCUT2D eigenvalue weighted by Gasteiger charge is 2.18. The maximum absolute atomic E-state index is 5.87. The van der Waals surface area contributed by atoms with Crippen LogP contribution in [0.4, 0.5) is 0 Å². The number of hydrogen-bond acceptors (Lipinski definition) is 2. The van der Waals surface area contributed by atoms with Gasteiger partial charge in [0.05, 0.1) is 0 Å². The van der Waals surface area contributed by atoms with Crippen molar-refractivity contribution in [2.75, 3.05) is 0 Å². The minimum absolute atomic E-state index is 0.611. The molecule has 80 valence electrons. The van der Waals surface area contributed by atoms with Crippen LogP contribution in [0.3, 0.4) is 0 Å². The van der Waals surface area contributed by atoms with Gasteiger partial charge in [0, 0.05) is 22.2 Å². The molecule has 16 heavy (non-hydrogen) atoms. The highest BCUT2D eigenvalue weighted by atomic mass is 35.5. The standard InChI is InChI=1S/C12H6Cl2O2/c13-7-1-3-9-11(5-7)16-10-4-2-8(14)6-12(10)15-9/h1-6H/i1+1,2+1,3+1,4+1,5+1,6+1,7+1,8+1,9+1,10+1,11+1,12+1. The second-order valence-corrected chi connectivity index (χ2v) is 4.26. The molecular formula is C12H6Cl2O2. The Hall–Kier alpha value is -1.38. The van der Waals surface area contributed by atoms with E-state index >= 15 is 0 Å². The van der Waals surface area contributed by atoms with Crippen molar-refractivity contribution in [3.8, 4) is 23.0 Å². The monoisotopic (exact) mass is 264 g/mol. The third-order valence-corrected chi connectivity index (χ3v) is 2.72. The normalized spacial score (nSPS) is 12.1. The van der Waals surface area contributed by atoms with Crippen LogP contribution >= 0.6 is 23.2 Å². The molecule has 0 amide bonds. The van der Waals surface area contributed by atoms with Crippen LogP contribution in [0, 0.1) is 0 Å². The van der Waals surface area contributed by atoms with Crippen LogP contribution in [0.5, 0.6) is 23.0 Å².